The summed E-state index contributed by atoms with van der Waals surface area (Å²) in [6.45, 7) is 5.23. The molecule has 0 aliphatic rings. The fourth-order valence-corrected chi connectivity index (χ4v) is 1.91. The van der Waals surface area contributed by atoms with E-state index in [-0.39, 0.29) is 0 Å². The van der Waals surface area contributed by atoms with Gasteiger partial charge in [0.1, 0.15) is 0 Å². The number of rotatable bonds is 4. The maximum atomic E-state index is 5.45. The van der Waals surface area contributed by atoms with E-state index in [0.29, 0.717) is 19.0 Å². The third-order valence-corrected chi connectivity index (χ3v) is 2.85. The molecule has 2 aromatic rings. The summed E-state index contributed by atoms with van der Waals surface area (Å²) in [5.74, 6) is 0.598. The average Bonchev–Trinajstić information content (AvgIpc) is 2.61. The molecule has 18 heavy (non-hydrogen) atoms. The fourth-order valence-electron chi connectivity index (χ4n) is 1.91. The molecule has 6 heteroatoms. The summed E-state index contributed by atoms with van der Waals surface area (Å²) in [6, 6.07) is 1.89. The molecule has 2 aromatic heterocycles. The Balaban J connectivity index is 2.38. The van der Waals surface area contributed by atoms with Crippen molar-refractivity contribution < 1.29 is 0 Å². The maximum Gasteiger partial charge on any atom is 0.223 e. The summed E-state index contributed by atoms with van der Waals surface area (Å²) in [4.78, 5) is 8.65. The first-order valence-electron chi connectivity index (χ1n) is 5.91. The standard InChI is InChI=1S/C12H18N6/c1-8-11(9(2)18(3)17-8)10-4-6-14-12(16-10)15-7-5-13/h4,6H,5,7,13H2,1-3H3,(H,14,15,16). The number of aromatic nitrogens is 4. The lowest BCUT2D eigenvalue weighted by Crippen LogP contribution is -2.14. The van der Waals surface area contributed by atoms with E-state index in [1.54, 1.807) is 6.20 Å². The Bertz CT molecular complexity index is 545. The van der Waals surface area contributed by atoms with E-state index in [9.17, 15) is 0 Å². The van der Waals surface area contributed by atoms with Crippen LogP contribution in [-0.4, -0.2) is 32.8 Å². The summed E-state index contributed by atoms with van der Waals surface area (Å²) in [6.07, 6.45) is 1.74. The topological polar surface area (TPSA) is 81.7 Å². The summed E-state index contributed by atoms with van der Waals surface area (Å²) >= 11 is 0. The second kappa shape index (κ2) is 5.14. The molecule has 0 radical (unpaired) electrons. The van der Waals surface area contributed by atoms with Crippen LogP contribution in [0.25, 0.3) is 11.3 Å². The number of nitrogens with one attached hydrogen (secondary N) is 1. The van der Waals surface area contributed by atoms with Crippen LogP contribution in [0.4, 0.5) is 5.95 Å². The highest BCUT2D eigenvalue weighted by Crippen LogP contribution is 2.24. The molecule has 0 aromatic carbocycles. The Kier molecular flexibility index (Phi) is 3.57. The van der Waals surface area contributed by atoms with E-state index in [4.69, 9.17) is 5.73 Å². The lowest BCUT2D eigenvalue weighted by molar-refractivity contribution is 0.731. The SMILES string of the molecule is Cc1nn(C)c(C)c1-c1ccnc(NCCN)n1. The van der Waals surface area contributed by atoms with Crippen LogP contribution >= 0.6 is 0 Å². The zero-order valence-electron chi connectivity index (χ0n) is 10.9. The van der Waals surface area contributed by atoms with E-state index < -0.39 is 0 Å². The number of aryl methyl sites for hydroxylation is 2. The van der Waals surface area contributed by atoms with Crippen molar-refractivity contribution in [2.45, 2.75) is 13.8 Å². The predicted molar refractivity (Wildman–Crippen MR) is 71.3 cm³/mol. The number of hydrogen-bond donors (Lipinski definition) is 2. The van der Waals surface area contributed by atoms with Gasteiger partial charge in [-0.15, -0.1) is 0 Å². The lowest BCUT2D eigenvalue weighted by atomic mass is 10.1. The van der Waals surface area contributed by atoms with E-state index in [1.165, 1.54) is 0 Å². The van der Waals surface area contributed by atoms with E-state index in [1.807, 2.05) is 31.6 Å². The highest BCUT2D eigenvalue weighted by Gasteiger charge is 2.13. The highest BCUT2D eigenvalue weighted by atomic mass is 15.3. The van der Waals surface area contributed by atoms with Gasteiger partial charge in [0.2, 0.25) is 5.95 Å². The molecule has 0 unspecified atom stereocenters. The maximum absolute atomic E-state index is 5.45. The normalized spacial score (nSPS) is 10.7. The minimum absolute atomic E-state index is 0.554. The second-order valence-corrected chi connectivity index (χ2v) is 4.15. The molecular weight excluding hydrogens is 228 g/mol. The molecule has 0 aliphatic heterocycles. The van der Waals surface area contributed by atoms with Crippen molar-refractivity contribution in [3.8, 4) is 11.3 Å². The molecule has 0 aliphatic carbocycles. The van der Waals surface area contributed by atoms with Crippen molar-refractivity contribution in [2.75, 3.05) is 18.4 Å². The molecular formula is C12H18N6. The Morgan fingerprint density at radius 3 is 2.78 bits per heavy atom. The lowest BCUT2D eigenvalue weighted by Gasteiger charge is -2.05. The molecule has 0 atom stereocenters. The van der Waals surface area contributed by atoms with Gasteiger partial charge in [0.05, 0.1) is 11.4 Å². The molecule has 0 saturated heterocycles. The van der Waals surface area contributed by atoms with Crippen molar-refractivity contribution in [2.24, 2.45) is 12.8 Å². The minimum atomic E-state index is 0.554. The van der Waals surface area contributed by atoms with Gasteiger partial charge in [0.25, 0.3) is 0 Å². The van der Waals surface area contributed by atoms with Crippen molar-refractivity contribution in [3.05, 3.63) is 23.7 Å². The van der Waals surface area contributed by atoms with Gasteiger partial charge in [0.15, 0.2) is 0 Å². The summed E-state index contributed by atoms with van der Waals surface area (Å²) in [5.41, 5.74) is 9.46. The van der Waals surface area contributed by atoms with Crippen LogP contribution in [0.3, 0.4) is 0 Å². The third-order valence-electron chi connectivity index (χ3n) is 2.85. The number of nitrogens with zero attached hydrogens (tertiary/aromatic N) is 4. The molecule has 2 rings (SSSR count). The molecule has 3 N–H and O–H groups in total. The van der Waals surface area contributed by atoms with E-state index >= 15 is 0 Å². The molecule has 2 heterocycles. The predicted octanol–water partition coefficient (Wildman–Crippen LogP) is 0.865. The molecule has 6 nitrogen and oxygen atoms in total. The van der Waals surface area contributed by atoms with Crippen LogP contribution in [0.5, 0.6) is 0 Å². The van der Waals surface area contributed by atoms with Crippen LogP contribution in [0, 0.1) is 13.8 Å². The van der Waals surface area contributed by atoms with Crippen LogP contribution in [-0.2, 0) is 7.05 Å². The molecule has 96 valence electrons. The number of hydrogen-bond acceptors (Lipinski definition) is 5. The van der Waals surface area contributed by atoms with Gasteiger partial charge in [-0.2, -0.15) is 5.10 Å². The van der Waals surface area contributed by atoms with Crippen LogP contribution in [0.2, 0.25) is 0 Å². The summed E-state index contributed by atoms with van der Waals surface area (Å²) in [5, 5.41) is 7.47. The van der Waals surface area contributed by atoms with Crippen LogP contribution in [0.1, 0.15) is 11.4 Å². The van der Waals surface area contributed by atoms with Crippen LogP contribution < -0.4 is 11.1 Å². The zero-order chi connectivity index (χ0) is 13.1. The number of anilines is 1. The third kappa shape index (κ3) is 2.33. The quantitative estimate of drug-likeness (QED) is 0.836. The van der Waals surface area contributed by atoms with Crippen LogP contribution in [0.15, 0.2) is 12.3 Å². The van der Waals surface area contributed by atoms with Gasteiger partial charge in [0, 0.05) is 37.6 Å². The first kappa shape index (κ1) is 12.5. The smallest absolute Gasteiger partial charge is 0.223 e. The highest BCUT2D eigenvalue weighted by molar-refractivity contribution is 5.65. The Hall–Kier alpha value is -1.95. The van der Waals surface area contributed by atoms with E-state index in [2.05, 4.69) is 20.4 Å². The average molecular weight is 246 g/mol. The molecule has 0 bridgehead atoms. The van der Waals surface area contributed by atoms with Gasteiger partial charge in [-0.3, -0.25) is 4.68 Å². The first-order chi connectivity index (χ1) is 8.63. The van der Waals surface area contributed by atoms with Crippen molar-refractivity contribution in [1.29, 1.82) is 0 Å². The Morgan fingerprint density at radius 1 is 1.39 bits per heavy atom. The van der Waals surface area contributed by atoms with E-state index in [0.717, 1.165) is 22.6 Å². The van der Waals surface area contributed by atoms with Crippen molar-refractivity contribution in [3.63, 3.8) is 0 Å². The fraction of sp³-hybridized carbons (Fsp3) is 0.417. The summed E-state index contributed by atoms with van der Waals surface area (Å²) in [7, 11) is 1.93. The van der Waals surface area contributed by atoms with Gasteiger partial charge in [-0.05, 0) is 19.9 Å². The minimum Gasteiger partial charge on any atom is -0.353 e. The molecule has 0 spiro atoms. The Morgan fingerprint density at radius 2 is 2.17 bits per heavy atom. The Labute approximate surface area is 106 Å². The van der Waals surface area contributed by atoms with Gasteiger partial charge in [-0.1, -0.05) is 0 Å². The van der Waals surface area contributed by atoms with Crippen molar-refractivity contribution >= 4 is 5.95 Å². The molecule has 0 fully saturated rings. The van der Waals surface area contributed by atoms with Gasteiger partial charge >= 0.3 is 0 Å². The van der Waals surface area contributed by atoms with Gasteiger partial charge in [-0.25, -0.2) is 9.97 Å². The molecule has 0 amide bonds. The number of nitrogens with two attached hydrogens (primary N) is 1. The van der Waals surface area contributed by atoms with Crippen molar-refractivity contribution in [1.82, 2.24) is 19.7 Å². The zero-order valence-corrected chi connectivity index (χ0v) is 10.9. The second-order valence-electron chi connectivity index (χ2n) is 4.15. The summed E-state index contributed by atoms with van der Waals surface area (Å²) < 4.78 is 1.86. The van der Waals surface area contributed by atoms with Gasteiger partial charge < -0.3 is 11.1 Å². The monoisotopic (exact) mass is 246 g/mol. The molecule has 0 saturated carbocycles. The first-order valence-corrected chi connectivity index (χ1v) is 5.91. The largest absolute Gasteiger partial charge is 0.353 e.